The molecule has 2 heteroatoms. The number of para-hydroxylation sites is 2. The first-order valence-electron chi connectivity index (χ1n) is 25.6. The van der Waals surface area contributed by atoms with Gasteiger partial charge in [-0.1, -0.05) is 211 Å². The van der Waals surface area contributed by atoms with E-state index in [1.807, 2.05) is 0 Å². The van der Waals surface area contributed by atoms with Crippen LogP contribution in [0.25, 0.3) is 44.5 Å². The molecule has 346 valence electrons. The largest absolute Gasteiger partial charge is 0.457 e. The number of hydrogen-bond acceptors (Lipinski definition) is 2. The van der Waals surface area contributed by atoms with Crippen LogP contribution in [0, 0.1) is 0 Å². The van der Waals surface area contributed by atoms with Gasteiger partial charge in [0.25, 0.3) is 0 Å². The van der Waals surface area contributed by atoms with E-state index in [1.54, 1.807) is 0 Å². The quantitative estimate of drug-likeness (QED) is 0.174. The fourth-order valence-electron chi connectivity index (χ4n) is 13.3. The van der Waals surface area contributed by atoms with Crippen LogP contribution in [0.1, 0.15) is 97.2 Å². The Kier molecular flexibility index (Phi) is 8.98. The number of benzene rings is 10. The van der Waals surface area contributed by atoms with Gasteiger partial charge in [-0.05, 0) is 149 Å². The van der Waals surface area contributed by atoms with E-state index in [2.05, 4.69) is 271 Å². The topological polar surface area (TPSA) is 12.5 Å². The first-order valence-corrected chi connectivity index (χ1v) is 25.6. The molecule has 0 unspecified atom stereocenters. The summed E-state index contributed by atoms with van der Waals surface area (Å²) in [4.78, 5) is 2.50. The lowest BCUT2D eigenvalue weighted by atomic mass is 9.64. The highest BCUT2D eigenvalue weighted by Gasteiger charge is 2.54. The average Bonchev–Trinajstić information content (AvgIpc) is 4.00. The maximum Gasteiger partial charge on any atom is 0.132 e. The van der Waals surface area contributed by atoms with Gasteiger partial charge >= 0.3 is 0 Å². The molecule has 1 aliphatic heterocycles. The van der Waals surface area contributed by atoms with Crippen LogP contribution in [-0.4, -0.2) is 0 Å². The molecule has 1 heterocycles. The maximum atomic E-state index is 7.01. The molecule has 10 aromatic rings. The molecule has 0 aromatic heterocycles. The summed E-state index contributed by atoms with van der Waals surface area (Å²) in [6.45, 7) is 13.9. The zero-order chi connectivity index (χ0) is 48.7. The monoisotopic (exact) mass is 925 g/mol. The van der Waals surface area contributed by atoms with Gasteiger partial charge in [0.1, 0.15) is 11.5 Å². The summed E-state index contributed by atoms with van der Waals surface area (Å²) in [6, 6.07) is 84.6. The third kappa shape index (κ3) is 5.72. The Morgan fingerprint density at radius 3 is 1.29 bits per heavy atom. The van der Waals surface area contributed by atoms with Crippen molar-refractivity contribution in [2.45, 2.75) is 63.2 Å². The molecule has 72 heavy (non-hydrogen) atoms. The smallest absolute Gasteiger partial charge is 0.132 e. The summed E-state index contributed by atoms with van der Waals surface area (Å²) in [5, 5.41) is 0. The van der Waals surface area contributed by atoms with E-state index in [-0.39, 0.29) is 10.8 Å². The minimum absolute atomic E-state index is 0.0725. The molecule has 0 N–H and O–H groups in total. The van der Waals surface area contributed by atoms with Crippen molar-refractivity contribution in [3.8, 4) is 56.0 Å². The van der Waals surface area contributed by atoms with Gasteiger partial charge < -0.3 is 9.64 Å². The van der Waals surface area contributed by atoms with Crippen molar-refractivity contribution in [1.82, 2.24) is 0 Å². The normalized spacial score (nSPS) is 14.6. The van der Waals surface area contributed by atoms with Gasteiger partial charge in [-0.3, -0.25) is 0 Å². The maximum absolute atomic E-state index is 7.01. The fraction of sp³-hybridized carbons (Fsp3) is 0.143. The van der Waals surface area contributed by atoms with Gasteiger partial charge in [0.05, 0.1) is 16.5 Å². The van der Waals surface area contributed by atoms with Crippen LogP contribution >= 0.6 is 0 Å². The second-order valence-electron chi connectivity index (χ2n) is 22.4. The summed E-state index contributed by atoms with van der Waals surface area (Å²) in [6.07, 6.45) is 0. The second kappa shape index (κ2) is 15.2. The Hall–Kier alpha value is -8.20. The van der Waals surface area contributed by atoms with Gasteiger partial charge in [-0.25, -0.2) is 0 Å². The predicted molar refractivity (Wildman–Crippen MR) is 298 cm³/mol. The molecule has 2 spiro atoms. The van der Waals surface area contributed by atoms with E-state index in [0.29, 0.717) is 0 Å². The molecule has 0 saturated heterocycles. The van der Waals surface area contributed by atoms with Crippen molar-refractivity contribution in [2.75, 3.05) is 4.90 Å². The third-order valence-corrected chi connectivity index (χ3v) is 16.5. The van der Waals surface area contributed by atoms with E-state index < -0.39 is 10.8 Å². The minimum Gasteiger partial charge on any atom is -0.457 e. The van der Waals surface area contributed by atoms with E-state index in [1.165, 1.54) is 100 Å². The van der Waals surface area contributed by atoms with Crippen molar-refractivity contribution in [2.24, 2.45) is 0 Å². The minimum atomic E-state index is -0.640. The highest BCUT2D eigenvalue weighted by molar-refractivity contribution is 6.02. The van der Waals surface area contributed by atoms with Crippen molar-refractivity contribution < 1.29 is 4.74 Å². The number of rotatable bonds is 4. The first kappa shape index (κ1) is 42.7. The van der Waals surface area contributed by atoms with Gasteiger partial charge in [0.2, 0.25) is 0 Å². The zero-order valence-electron chi connectivity index (χ0n) is 41.7. The fourth-order valence-corrected chi connectivity index (χ4v) is 13.3. The molecular formula is C70H55NO. The lowest BCUT2D eigenvalue weighted by Gasteiger charge is -2.41. The molecule has 10 aromatic carbocycles. The molecular weight excluding hydrogens is 871 g/mol. The number of fused-ring (bicyclic) bond motifs is 19. The third-order valence-electron chi connectivity index (χ3n) is 16.5. The van der Waals surface area contributed by atoms with Gasteiger partial charge in [0, 0.05) is 28.1 Å². The molecule has 0 bridgehead atoms. The number of hydrogen-bond donors (Lipinski definition) is 0. The van der Waals surface area contributed by atoms with E-state index in [4.69, 9.17) is 4.74 Å². The number of anilines is 3. The van der Waals surface area contributed by atoms with Crippen molar-refractivity contribution in [3.63, 3.8) is 0 Å². The summed E-state index contributed by atoms with van der Waals surface area (Å²) >= 11 is 0. The average molecular weight is 926 g/mol. The highest BCUT2D eigenvalue weighted by atomic mass is 16.5. The Balaban J connectivity index is 1.03. The summed E-state index contributed by atoms with van der Waals surface area (Å²) in [7, 11) is 0. The Morgan fingerprint density at radius 2 is 0.736 bits per heavy atom. The van der Waals surface area contributed by atoms with E-state index >= 15 is 0 Å². The summed E-state index contributed by atoms with van der Waals surface area (Å²) in [5.41, 5.74) is 25.0. The van der Waals surface area contributed by atoms with Crippen LogP contribution in [0.5, 0.6) is 11.5 Å². The van der Waals surface area contributed by atoms with Crippen molar-refractivity contribution in [1.29, 1.82) is 0 Å². The van der Waals surface area contributed by atoms with Crippen LogP contribution < -0.4 is 9.64 Å². The molecule has 0 fully saturated rings. The van der Waals surface area contributed by atoms with Crippen molar-refractivity contribution >= 4 is 17.1 Å². The summed E-state index contributed by atoms with van der Waals surface area (Å²) < 4.78 is 7.01. The summed E-state index contributed by atoms with van der Waals surface area (Å²) in [5.74, 6) is 1.82. The number of ether oxygens (including phenoxy) is 1. The van der Waals surface area contributed by atoms with E-state index in [9.17, 15) is 0 Å². The molecule has 0 amide bonds. The number of nitrogens with zero attached hydrogens (tertiary/aromatic N) is 1. The lowest BCUT2D eigenvalue weighted by molar-refractivity contribution is 0.433. The second-order valence-corrected chi connectivity index (χ2v) is 22.4. The van der Waals surface area contributed by atoms with Crippen molar-refractivity contribution in [3.05, 3.63) is 280 Å². The SMILES string of the molecule is CC(C)(C)c1ccc2c(c1)C1(c3cc(C(C)(C)C)ccc3O2)c2ccccc2-c2c(-c3ccccc3N(c3ccccc3)c3ccc4c(c3)C3(c5ccccc5-c5ccccc53)c3ccccc3-4)cccc21. The molecule has 0 radical (unpaired) electrons. The Bertz CT molecular complexity index is 3750. The van der Waals surface area contributed by atoms with Gasteiger partial charge in [-0.15, -0.1) is 0 Å². The van der Waals surface area contributed by atoms with Crippen LogP contribution in [-0.2, 0) is 21.7 Å². The van der Waals surface area contributed by atoms with Crippen LogP contribution in [0.4, 0.5) is 17.1 Å². The molecule has 0 atom stereocenters. The lowest BCUT2D eigenvalue weighted by Crippen LogP contribution is -2.33. The van der Waals surface area contributed by atoms with Crippen LogP contribution in [0.2, 0.25) is 0 Å². The molecule has 2 nitrogen and oxygen atoms in total. The Labute approximate surface area is 423 Å². The van der Waals surface area contributed by atoms with Gasteiger partial charge in [0.15, 0.2) is 0 Å². The molecule has 4 aliphatic rings. The highest BCUT2D eigenvalue weighted by Crippen LogP contribution is 2.66. The Morgan fingerprint density at radius 1 is 0.306 bits per heavy atom. The van der Waals surface area contributed by atoms with Crippen LogP contribution in [0.15, 0.2) is 224 Å². The molecule has 14 rings (SSSR count). The zero-order valence-corrected chi connectivity index (χ0v) is 41.7. The first-order chi connectivity index (χ1) is 35.0. The predicted octanol–water partition coefficient (Wildman–Crippen LogP) is 18.2. The van der Waals surface area contributed by atoms with E-state index in [0.717, 1.165) is 28.6 Å². The van der Waals surface area contributed by atoms with Gasteiger partial charge in [-0.2, -0.15) is 0 Å². The van der Waals surface area contributed by atoms with Crippen LogP contribution in [0.3, 0.4) is 0 Å². The molecule has 3 aliphatic carbocycles. The molecule has 0 saturated carbocycles. The standard InChI is InChI=1S/C70H55NO/c1-67(2,3)44-35-39-64-61(41-44)70(62-42-45(68(4,5)6)36-40-65(62)72-64)58-32-18-13-27-54(58)66-53(28-20-33-59(66)70)52-26-14-19-34-63(52)71(46-21-8-7-9-22-46)47-37-38-51-50-25-12-17-31-57(50)69(60(51)43-47)55-29-15-10-23-48(55)49-24-11-16-30-56(49)69/h7-43H,1-6H3.